The Morgan fingerprint density at radius 3 is 1.03 bits per heavy atom. The van der Waals surface area contributed by atoms with Gasteiger partial charge in [-0.2, -0.15) is 0 Å². The van der Waals surface area contributed by atoms with Gasteiger partial charge in [0.1, 0.15) is 0 Å². The molecule has 3 aromatic carbocycles. The Balaban J connectivity index is 2.27. The second-order valence-corrected chi connectivity index (χ2v) is 10.1. The van der Waals surface area contributed by atoms with Crippen molar-refractivity contribution in [2.45, 2.75) is 67.2 Å². The molecule has 0 heteroatoms. The first-order valence-electron chi connectivity index (χ1n) is 11.7. The Kier molecular flexibility index (Phi) is 5.76. The van der Waals surface area contributed by atoms with Crippen molar-refractivity contribution >= 4 is 0 Å². The molecule has 0 spiro atoms. The second kappa shape index (κ2) is 8.24. The van der Waals surface area contributed by atoms with Gasteiger partial charge in [0.15, 0.2) is 0 Å². The number of hydrogen-bond donors (Lipinski definition) is 0. The molecule has 0 saturated heterocycles. The normalized spacial score (nSPS) is 14.2. The van der Waals surface area contributed by atoms with Crippen LogP contribution >= 0.6 is 0 Å². The van der Waals surface area contributed by atoms with Gasteiger partial charge in [-0.25, -0.2) is 0 Å². The van der Waals surface area contributed by atoms with E-state index in [0.717, 1.165) is 6.42 Å². The van der Waals surface area contributed by atoms with Gasteiger partial charge in [0.25, 0.3) is 0 Å². The van der Waals surface area contributed by atoms with Crippen molar-refractivity contribution in [3.63, 3.8) is 0 Å². The molecule has 0 radical (unpaired) electrons. The monoisotopic (exact) mass is 420 g/mol. The summed E-state index contributed by atoms with van der Waals surface area (Å²) in [6, 6.07) is 21.3. The van der Waals surface area contributed by atoms with E-state index in [1.807, 2.05) is 0 Å². The van der Waals surface area contributed by atoms with Gasteiger partial charge in [-0.05, 0) is 84.1 Å². The van der Waals surface area contributed by atoms with E-state index in [2.05, 4.69) is 116 Å². The van der Waals surface area contributed by atoms with Gasteiger partial charge in [0, 0.05) is 0 Å². The van der Waals surface area contributed by atoms with Crippen molar-refractivity contribution in [3.05, 3.63) is 127 Å². The highest BCUT2D eigenvalue weighted by molar-refractivity contribution is 5.67. The van der Waals surface area contributed by atoms with Crippen molar-refractivity contribution in [2.24, 2.45) is 0 Å². The highest BCUT2D eigenvalue weighted by atomic mass is 14.4. The highest BCUT2D eigenvalue weighted by Crippen LogP contribution is 2.52. The Morgan fingerprint density at radius 1 is 0.469 bits per heavy atom. The third-order valence-corrected chi connectivity index (χ3v) is 6.87. The molecule has 0 N–H and O–H groups in total. The van der Waals surface area contributed by atoms with Crippen LogP contribution in [0.2, 0.25) is 0 Å². The molecule has 0 atom stereocenters. The lowest BCUT2D eigenvalue weighted by atomic mass is 9.61. The highest BCUT2D eigenvalue weighted by Gasteiger charge is 2.43. The standard InChI is InChI=1S/C32H36/c1-20-11-21(2)15-28(14-20)32(31-26(7)9-10-27(31)8,29-16-22(3)12-23(4)17-29)30-18-24(5)13-25(6)19-30/h9,11-19H,10H2,1-8H3. The van der Waals surface area contributed by atoms with Crippen LogP contribution in [0.1, 0.15) is 70.3 Å². The van der Waals surface area contributed by atoms with Gasteiger partial charge in [0.2, 0.25) is 0 Å². The molecule has 0 aromatic heterocycles. The fraction of sp³-hybridized carbons (Fsp3) is 0.312. The third kappa shape index (κ3) is 3.77. The summed E-state index contributed by atoms with van der Waals surface area (Å²) in [5.74, 6) is 0. The van der Waals surface area contributed by atoms with E-state index in [4.69, 9.17) is 0 Å². The molecule has 0 nitrogen and oxygen atoms in total. The predicted molar refractivity (Wildman–Crippen MR) is 139 cm³/mol. The van der Waals surface area contributed by atoms with Crippen LogP contribution in [0.5, 0.6) is 0 Å². The van der Waals surface area contributed by atoms with Gasteiger partial charge < -0.3 is 0 Å². The van der Waals surface area contributed by atoms with E-state index in [-0.39, 0.29) is 5.41 Å². The molecular formula is C32H36. The van der Waals surface area contributed by atoms with Crippen LogP contribution in [0.4, 0.5) is 0 Å². The van der Waals surface area contributed by atoms with E-state index >= 15 is 0 Å². The minimum atomic E-state index is -0.342. The van der Waals surface area contributed by atoms with E-state index in [1.165, 1.54) is 66.8 Å². The first-order valence-corrected chi connectivity index (χ1v) is 11.7. The lowest BCUT2D eigenvalue weighted by molar-refractivity contribution is 0.721. The van der Waals surface area contributed by atoms with Crippen molar-refractivity contribution in [1.82, 2.24) is 0 Å². The largest absolute Gasteiger partial charge is 0.0772 e. The van der Waals surface area contributed by atoms with E-state index in [9.17, 15) is 0 Å². The molecular weight excluding hydrogens is 384 g/mol. The zero-order valence-corrected chi connectivity index (χ0v) is 21.0. The Bertz CT molecular complexity index is 1080. The summed E-state index contributed by atoms with van der Waals surface area (Å²) < 4.78 is 0. The lowest BCUT2D eigenvalue weighted by Crippen LogP contribution is -2.33. The Morgan fingerprint density at radius 2 is 0.781 bits per heavy atom. The van der Waals surface area contributed by atoms with E-state index < -0.39 is 0 Å². The first-order chi connectivity index (χ1) is 15.1. The molecule has 0 unspecified atom stereocenters. The molecule has 0 heterocycles. The molecule has 4 rings (SSSR count). The van der Waals surface area contributed by atoms with Gasteiger partial charge >= 0.3 is 0 Å². The van der Waals surface area contributed by atoms with Crippen molar-refractivity contribution in [2.75, 3.05) is 0 Å². The molecule has 1 aliphatic rings. The molecule has 3 aromatic rings. The van der Waals surface area contributed by atoms with Gasteiger partial charge in [0.05, 0.1) is 5.41 Å². The second-order valence-electron chi connectivity index (χ2n) is 10.1. The predicted octanol–water partition coefficient (Wildman–Crippen LogP) is 8.54. The van der Waals surface area contributed by atoms with Crippen LogP contribution in [0.15, 0.2) is 77.4 Å². The minimum Gasteiger partial charge on any atom is -0.0772 e. The summed E-state index contributed by atoms with van der Waals surface area (Å²) in [4.78, 5) is 0. The van der Waals surface area contributed by atoms with Crippen molar-refractivity contribution < 1.29 is 0 Å². The molecule has 1 aliphatic carbocycles. The molecule has 0 fully saturated rings. The van der Waals surface area contributed by atoms with E-state index in [1.54, 1.807) is 0 Å². The number of aryl methyl sites for hydroxylation is 6. The summed E-state index contributed by atoms with van der Waals surface area (Å²) in [5.41, 5.74) is 16.0. The summed E-state index contributed by atoms with van der Waals surface area (Å²) in [5, 5.41) is 0. The molecule has 0 amide bonds. The molecule has 0 saturated carbocycles. The molecule has 0 aliphatic heterocycles. The third-order valence-electron chi connectivity index (χ3n) is 6.87. The zero-order chi connectivity index (χ0) is 23.2. The van der Waals surface area contributed by atoms with Gasteiger partial charge in [-0.3, -0.25) is 0 Å². The fourth-order valence-electron chi connectivity index (χ4n) is 5.97. The number of benzene rings is 3. The number of allylic oxidation sites excluding steroid dienone is 4. The maximum atomic E-state index is 2.41. The van der Waals surface area contributed by atoms with Crippen molar-refractivity contribution in [1.29, 1.82) is 0 Å². The quantitative estimate of drug-likeness (QED) is 0.371. The Hall–Kier alpha value is -2.86. The average Bonchev–Trinajstić information content (AvgIpc) is 3.00. The number of hydrogen-bond acceptors (Lipinski definition) is 0. The van der Waals surface area contributed by atoms with Crippen LogP contribution in [0.25, 0.3) is 0 Å². The number of rotatable bonds is 4. The molecule has 0 bridgehead atoms. The lowest BCUT2D eigenvalue weighted by Gasteiger charge is -2.40. The smallest absolute Gasteiger partial charge is 0.0704 e. The van der Waals surface area contributed by atoms with Gasteiger partial charge in [-0.1, -0.05) is 105 Å². The van der Waals surface area contributed by atoms with Crippen molar-refractivity contribution in [3.8, 4) is 0 Å². The summed E-state index contributed by atoms with van der Waals surface area (Å²) >= 11 is 0. The average molecular weight is 421 g/mol. The SMILES string of the molecule is CC1=CCC(C)=C1C(c1cc(C)cc(C)c1)(c1cc(C)cc(C)c1)c1cc(C)cc(C)c1. The van der Waals surface area contributed by atoms with Crippen LogP contribution in [0, 0.1) is 41.5 Å². The van der Waals surface area contributed by atoms with Crippen LogP contribution in [-0.4, -0.2) is 0 Å². The van der Waals surface area contributed by atoms with E-state index in [0.29, 0.717) is 0 Å². The fourth-order valence-corrected chi connectivity index (χ4v) is 5.97. The maximum Gasteiger partial charge on any atom is 0.0704 e. The maximum absolute atomic E-state index is 2.41. The summed E-state index contributed by atoms with van der Waals surface area (Å²) in [6.07, 6.45) is 3.44. The summed E-state index contributed by atoms with van der Waals surface area (Å²) in [6.45, 7) is 18.0. The van der Waals surface area contributed by atoms with Crippen LogP contribution in [0.3, 0.4) is 0 Å². The zero-order valence-electron chi connectivity index (χ0n) is 21.0. The minimum absolute atomic E-state index is 0.342. The topological polar surface area (TPSA) is 0 Å². The van der Waals surface area contributed by atoms with Gasteiger partial charge in [-0.15, -0.1) is 0 Å². The van der Waals surface area contributed by atoms with Crippen LogP contribution < -0.4 is 0 Å². The van der Waals surface area contributed by atoms with Crippen LogP contribution in [-0.2, 0) is 5.41 Å². The Labute approximate surface area is 194 Å². The summed E-state index contributed by atoms with van der Waals surface area (Å²) in [7, 11) is 0. The first kappa shape index (κ1) is 22.3. The molecule has 164 valence electrons. The molecule has 32 heavy (non-hydrogen) atoms.